The normalized spacial score (nSPS) is 26.6. The molecule has 0 fully saturated rings. The Morgan fingerprint density at radius 3 is 2.44 bits per heavy atom. The van der Waals surface area contributed by atoms with Crippen LogP contribution in [0.3, 0.4) is 0 Å². The molecule has 0 radical (unpaired) electrons. The predicted molar refractivity (Wildman–Crippen MR) is 57.0 cm³/mol. The highest BCUT2D eigenvalue weighted by Crippen LogP contribution is 2.42. The zero-order valence-corrected chi connectivity index (χ0v) is 10.4. The van der Waals surface area contributed by atoms with E-state index in [9.17, 15) is 22.9 Å². The molecule has 5 nitrogen and oxygen atoms in total. The quantitative estimate of drug-likeness (QED) is 0.258. The van der Waals surface area contributed by atoms with Crippen molar-refractivity contribution in [3.63, 3.8) is 0 Å². The lowest BCUT2D eigenvalue weighted by atomic mass is 10.1. The lowest BCUT2D eigenvalue weighted by Gasteiger charge is -2.20. The number of hydrogen-bond acceptors (Lipinski definition) is 4. The minimum absolute atomic E-state index is 0.351. The second kappa shape index (κ2) is 4.14. The molecule has 10 heteroatoms. The molecule has 0 aromatic rings. The van der Waals surface area contributed by atoms with Crippen molar-refractivity contribution in [2.45, 2.75) is 11.4 Å². The molecule has 1 aliphatic carbocycles. The van der Waals surface area contributed by atoms with Crippen molar-refractivity contribution in [2.75, 3.05) is 0 Å². The summed E-state index contributed by atoms with van der Waals surface area (Å²) in [6, 6.07) is 0. The third-order valence-electron chi connectivity index (χ3n) is 1.83. The highest BCUT2D eigenvalue weighted by atomic mass is 35.7. The van der Waals surface area contributed by atoms with Crippen LogP contribution < -0.4 is 0 Å². The van der Waals surface area contributed by atoms with Gasteiger partial charge in [0.15, 0.2) is 5.83 Å². The molecule has 0 aromatic carbocycles. The average molecular weight is 311 g/mol. The second-order valence-corrected chi connectivity index (χ2v) is 6.51. The largest absolute Gasteiger partial charge is 0.350 e. The molecule has 0 amide bonds. The third kappa shape index (κ3) is 2.32. The van der Waals surface area contributed by atoms with E-state index >= 15 is 0 Å². The molecular formula is C6H3Cl3FNO4S. The van der Waals surface area contributed by atoms with E-state index < -0.39 is 41.2 Å². The second-order valence-electron chi connectivity index (χ2n) is 2.89. The number of hydrogen-bond donors (Lipinski definition) is 0. The minimum atomic E-state index is -4.26. The summed E-state index contributed by atoms with van der Waals surface area (Å²) < 4.78 is 35.2. The van der Waals surface area contributed by atoms with E-state index in [1.54, 1.807) is 0 Å². The monoisotopic (exact) mass is 309 g/mol. The van der Waals surface area contributed by atoms with Gasteiger partial charge in [-0.2, -0.15) is 0 Å². The topological polar surface area (TPSA) is 77.3 Å². The molecule has 0 saturated heterocycles. The molecule has 1 rings (SSSR count). The number of rotatable bonds is 2. The van der Waals surface area contributed by atoms with Crippen LogP contribution in [0.5, 0.6) is 0 Å². The lowest BCUT2D eigenvalue weighted by molar-refractivity contribution is -0.533. The number of nitro groups is 1. The molecule has 0 aromatic heterocycles. The Morgan fingerprint density at radius 2 is 2.06 bits per heavy atom. The molecule has 1 aliphatic rings. The van der Waals surface area contributed by atoms with Gasteiger partial charge in [-0.1, -0.05) is 11.6 Å². The molecule has 0 spiro atoms. The van der Waals surface area contributed by atoms with Crippen molar-refractivity contribution in [1.82, 2.24) is 0 Å². The molecule has 1 unspecified atom stereocenters. The first-order chi connectivity index (χ1) is 7.09. The Hall–Kier alpha value is -0.370. The first-order valence-corrected chi connectivity index (χ1v) is 6.70. The van der Waals surface area contributed by atoms with Crippen LogP contribution in [-0.4, -0.2) is 18.3 Å². The molecule has 0 bridgehead atoms. The van der Waals surface area contributed by atoms with E-state index in [4.69, 9.17) is 33.9 Å². The highest BCUT2D eigenvalue weighted by molar-refractivity contribution is 8.17. The summed E-state index contributed by atoms with van der Waals surface area (Å²) >= 11 is 10.8. The van der Waals surface area contributed by atoms with Gasteiger partial charge in [-0.3, -0.25) is 10.1 Å². The van der Waals surface area contributed by atoms with Crippen molar-refractivity contribution < 1.29 is 17.7 Å². The highest BCUT2D eigenvalue weighted by Gasteiger charge is 2.50. The number of alkyl halides is 1. The standard InChI is InChI=1S/C6H3Cl3FNO4S/c7-3-2-6(8,11(12)13)5(10)1-4(3)16(9,14)15/h1H,2H2. The van der Waals surface area contributed by atoms with E-state index in [0.29, 0.717) is 6.08 Å². The summed E-state index contributed by atoms with van der Waals surface area (Å²) in [6.45, 7) is 0. The maximum Gasteiger partial charge on any atom is 0.350 e. The van der Waals surface area contributed by atoms with Crippen LogP contribution in [0.1, 0.15) is 6.42 Å². The third-order valence-corrected chi connectivity index (χ3v) is 4.12. The summed E-state index contributed by atoms with van der Waals surface area (Å²) in [6.07, 6.45) is -0.434. The van der Waals surface area contributed by atoms with E-state index in [2.05, 4.69) is 0 Å². The van der Waals surface area contributed by atoms with Crippen molar-refractivity contribution in [2.24, 2.45) is 0 Å². The van der Waals surface area contributed by atoms with Crippen LogP contribution in [-0.2, 0) is 9.05 Å². The van der Waals surface area contributed by atoms with E-state index in [1.807, 2.05) is 0 Å². The molecular weight excluding hydrogens is 307 g/mol. The summed E-state index contributed by atoms with van der Waals surface area (Å²) in [7, 11) is 0.689. The van der Waals surface area contributed by atoms with Crippen LogP contribution in [0.2, 0.25) is 0 Å². The van der Waals surface area contributed by atoms with Crippen LogP contribution in [0, 0.1) is 10.1 Å². The Kier molecular flexibility index (Phi) is 3.54. The maximum absolute atomic E-state index is 13.3. The Labute approximate surface area is 104 Å². The van der Waals surface area contributed by atoms with Gasteiger partial charge in [-0.15, -0.1) is 0 Å². The van der Waals surface area contributed by atoms with Gasteiger partial charge in [-0.25, -0.2) is 12.8 Å². The first kappa shape index (κ1) is 13.7. The van der Waals surface area contributed by atoms with Crippen molar-refractivity contribution in [3.05, 3.63) is 32.0 Å². The van der Waals surface area contributed by atoms with E-state index in [0.717, 1.165) is 0 Å². The fourth-order valence-electron chi connectivity index (χ4n) is 1.04. The summed E-state index contributed by atoms with van der Waals surface area (Å²) in [5, 5.41) is 10.0. The summed E-state index contributed by atoms with van der Waals surface area (Å²) in [4.78, 5) is 6.14. The van der Waals surface area contributed by atoms with Crippen molar-refractivity contribution in [3.8, 4) is 0 Å². The fourth-order valence-corrected chi connectivity index (χ4v) is 2.96. The van der Waals surface area contributed by atoms with E-state index in [-0.39, 0.29) is 0 Å². The molecule has 90 valence electrons. The van der Waals surface area contributed by atoms with Gasteiger partial charge in [0.1, 0.15) is 4.91 Å². The summed E-state index contributed by atoms with van der Waals surface area (Å²) in [5.41, 5.74) is 0. The SMILES string of the molecule is O=[N+]([O-])C1(Cl)CC(Cl)=C(S(=O)(=O)Cl)C=C1F. The van der Waals surface area contributed by atoms with Gasteiger partial charge < -0.3 is 0 Å². The zero-order chi connectivity index (χ0) is 12.7. The Morgan fingerprint density at radius 1 is 1.56 bits per heavy atom. The smallest absolute Gasteiger partial charge is 0.262 e. The number of halogens is 4. The minimum Gasteiger partial charge on any atom is -0.262 e. The Balaban J connectivity index is 3.34. The van der Waals surface area contributed by atoms with Gasteiger partial charge in [0.2, 0.25) is 0 Å². The fraction of sp³-hybridized carbons (Fsp3) is 0.333. The van der Waals surface area contributed by atoms with Gasteiger partial charge in [-0.05, 0) is 17.7 Å². The van der Waals surface area contributed by atoms with Crippen LogP contribution >= 0.6 is 33.9 Å². The van der Waals surface area contributed by atoms with E-state index in [1.165, 1.54) is 0 Å². The van der Waals surface area contributed by atoms with Crippen LogP contribution in [0.4, 0.5) is 4.39 Å². The molecule has 0 heterocycles. The van der Waals surface area contributed by atoms with Crippen molar-refractivity contribution in [1.29, 1.82) is 0 Å². The average Bonchev–Trinajstić information content (AvgIpc) is 2.09. The molecule has 16 heavy (non-hydrogen) atoms. The maximum atomic E-state index is 13.3. The predicted octanol–water partition coefficient (Wildman–Crippen LogP) is 2.47. The molecule has 1 atom stereocenters. The van der Waals surface area contributed by atoms with Crippen LogP contribution in [0.15, 0.2) is 21.8 Å². The molecule has 0 N–H and O–H groups in total. The van der Waals surface area contributed by atoms with Crippen LogP contribution in [0.25, 0.3) is 0 Å². The lowest BCUT2D eigenvalue weighted by Crippen LogP contribution is -2.35. The molecule has 0 saturated carbocycles. The van der Waals surface area contributed by atoms with Gasteiger partial charge >= 0.3 is 5.00 Å². The zero-order valence-electron chi connectivity index (χ0n) is 7.28. The summed E-state index contributed by atoms with van der Waals surface area (Å²) in [5.74, 6) is -1.43. The van der Waals surface area contributed by atoms with Gasteiger partial charge in [0.25, 0.3) is 9.05 Å². The van der Waals surface area contributed by atoms with Crippen molar-refractivity contribution >= 4 is 42.9 Å². The Bertz CT molecular complexity index is 514. The first-order valence-electron chi connectivity index (χ1n) is 3.63. The number of nitrogens with zero attached hydrogens (tertiary/aromatic N) is 1. The molecule has 0 aliphatic heterocycles. The number of allylic oxidation sites excluding steroid dienone is 1. The van der Waals surface area contributed by atoms with Gasteiger partial charge in [0.05, 0.1) is 11.3 Å². The van der Waals surface area contributed by atoms with Gasteiger partial charge in [0, 0.05) is 15.7 Å².